The maximum atomic E-state index is 14.3. The normalized spacial score (nSPS) is 14.9. The Bertz CT molecular complexity index is 726. The largest absolute Gasteiger partial charge is 0.378 e. The van der Waals surface area contributed by atoms with Crippen molar-refractivity contribution in [3.05, 3.63) is 40.3 Å². The lowest BCUT2D eigenvalue weighted by molar-refractivity contribution is 0.122. The third-order valence-electron chi connectivity index (χ3n) is 3.34. The van der Waals surface area contributed by atoms with Gasteiger partial charge in [-0.1, -0.05) is 11.6 Å². The van der Waals surface area contributed by atoms with E-state index in [9.17, 15) is 8.78 Å². The number of hydrogen-bond donors (Lipinski definition) is 1. The monoisotopic (exact) mass is 360 g/mol. The van der Waals surface area contributed by atoms with Gasteiger partial charge in [0.25, 0.3) is 0 Å². The first-order valence-corrected chi connectivity index (χ1v) is 7.57. The second-order valence-electron chi connectivity index (χ2n) is 4.84. The van der Waals surface area contributed by atoms with E-state index in [0.717, 1.165) is 6.07 Å². The van der Waals surface area contributed by atoms with Crippen molar-refractivity contribution in [3.8, 4) is 0 Å². The van der Waals surface area contributed by atoms with Gasteiger partial charge in [0, 0.05) is 19.2 Å². The maximum Gasteiger partial charge on any atom is 0.224 e. The standard InChI is InChI=1S/C14H12Cl2F2N4O/c15-9-7-19-14(16)21-13(9)20-12-10(18)5-8(17)6-11(12)22-1-3-23-4-2-22/h5-7H,1-4H2,(H,19,20,21). The summed E-state index contributed by atoms with van der Waals surface area (Å²) in [6.07, 6.45) is 1.30. The van der Waals surface area contributed by atoms with Crippen molar-refractivity contribution in [1.82, 2.24) is 9.97 Å². The van der Waals surface area contributed by atoms with Gasteiger partial charge in [-0.3, -0.25) is 0 Å². The zero-order chi connectivity index (χ0) is 16.4. The van der Waals surface area contributed by atoms with E-state index < -0.39 is 11.6 Å². The van der Waals surface area contributed by atoms with E-state index in [2.05, 4.69) is 15.3 Å². The number of morpholine rings is 1. The first-order valence-electron chi connectivity index (χ1n) is 6.81. The van der Waals surface area contributed by atoms with Crippen molar-refractivity contribution in [2.45, 2.75) is 0 Å². The zero-order valence-electron chi connectivity index (χ0n) is 11.8. The van der Waals surface area contributed by atoms with Gasteiger partial charge in [0.1, 0.15) is 10.8 Å². The smallest absolute Gasteiger partial charge is 0.224 e. The molecule has 1 aliphatic heterocycles. The Morgan fingerprint density at radius 2 is 1.91 bits per heavy atom. The summed E-state index contributed by atoms with van der Waals surface area (Å²) in [5.41, 5.74) is 0.446. The molecule has 9 heteroatoms. The summed E-state index contributed by atoms with van der Waals surface area (Å²) in [5.74, 6) is -1.27. The van der Waals surface area contributed by atoms with Crippen molar-refractivity contribution < 1.29 is 13.5 Å². The fraction of sp³-hybridized carbons (Fsp3) is 0.286. The third kappa shape index (κ3) is 3.63. The maximum absolute atomic E-state index is 14.3. The zero-order valence-corrected chi connectivity index (χ0v) is 13.3. The summed E-state index contributed by atoms with van der Waals surface area (Å²) < 4.78 is 33.2. The minimum Gasteiger partial charge on any atom is -0.378 e. The molecule has 0 bridgehead atoms. The molecule has 122 valence electrons. The molecule has 1 aromatic carbocycles. The first kappa shape index (κ1) is 16.2. The van der Waals surface area contributed by atoms with Gasteiger partial charge >= 0.3 is 0 Å². The van der Waals surface area contributed by atoms with Crippen molar-refractivity contribution in [1.29, 1.82) is 0 Å². The molecule has 0 spiro atoms. The second kappa shape index (κ2) is 6.82. The van der Waals surface area contributed by atoms with Gasteiger partial charge in [-0.15, -0.1) is 0 Å². The summed E-state index contributed by atoms with van der Waals surface area (Å²) >= 11 is 11.7. The lowest BCUT2D eigenvalue weighted by Gasteiger charge is -2.30. The van der Waals surface area contributed by atoms with Crippen LogP contribution in [0.4, 0.5) is 26.0 Å². The molecule has 0 amide bonds. The molecule has 2 heterocycles. The molecule has 1 saturated heterocycles. The van der Waals surface area contributed by atoms with Gasteiger partial charge in [-0.05, 0) is 17.7 Å². The molecule has 5 nitrogen and oxygen atoms in total. The van der Waals surface area contributed by atoms with Crippen LogP contribution in [0.3, 0.4) is 0 Å². The Labute approximate surface area is 141 Å². The number of ether oxygens (including phenoxy) is 1. The highest BCUT2D eigenvalue weighted by molar-refractivity contribution is 6.33. The predicted molar refractivity (Wildman–Crippen MR) is 84.7 cm³/mol. The lowest BCUT2D eigenvalue weighted by Crippen LogP contribution is -2.36. The summed E-state index contributed by atoms with van der Waals surface area (Å²) in [7, 11) is 0. The van der Waals surface area contributed by atoms with E-state index in [-0.39, 0.29) is 21.8 Å². The molecule has 1 fully saturated rings. The quantitative estimate of drug-likeness (QED) is 0.846. The van der Waals surface area contributed by atoms with Crippen LogP contribution in [0.2, 0.25) is 10.3 Å². The highest BCUT2D eigenvalue weighted by Gasteiger charge is 2.20. The second-order valence-corrected chi connectivity index (χ2v) is 5.59. The minimum absolute atomic E-state index is 0.0349. The average Bonchev–Trinajstić information content (AvgIpc) is 2.54. The van der Waals surface area contributed by atoms with Crippen LogP contribution in [-0.4, -0.2) is 36.3 Å². The molecule has 0 radical (unpaired) electrons. The van der Waals surface area contributed by atoms with Crippen molar-refractivity contribution in [2.24, 2.45) is 0 Å². The molecule has 23 heavy (non-hydrogen) atoms. The summed E-state index contributed by atoms with van der Waals surface area (Å²) in [6.45, 7) is 2.01. The molecule has 0 atom stereocenters. The lowest BCUT2D eigenvalue weighted by atomic mass is 10.2. The Balaban J connectivity index is 2.01. The van der Waals surface area contributed by atoms with Gasteiger partial charge in [-0.25, -0.2) is 13.8 Å². The van der Waals surface area contributed by atoms with Crippen LogP contribution >= 0.6 is 23.2 Å². The van der Waals surface area contributed by atoms with E-state index in [0.29, 0.717) is 32.0 Å². The van der Waals surface area contributed by atoms with E-state index in [1.54, 1.807) is 0 Å². The Morgan fingerprint density at radius 1 is 1.17 bits per heavy atom. The Kier molecular flexibility index (Phi) is 4.79. The van der Waals surface area contributed by atoms with E-state index in [4.69, 9.17) is 27.9 Å². The van der Waals surface area contributed by atoms with E-state index in [1.807, 2.05) is 4.90 Å². The molecule has 0 saturated carbocycles. The fourth-order valence-corrected chi connectivity index (χ4v) is 2.56. The molecule has 3 rings (SSSR count). The molecule has 1 N–H and O–H groups in total. The molecule has 0 aliphatic carbocycles. The number of aromatic nitrogens is 2. The number of rotatable bonds is 3. The number of benzene rings is 1. The van der Waals surface area contributed by atoms with Crippen LogP contribution in [0, 0.1) is 11.6 Å². The summed E-state index contributed by atoms with van der Waals surface area (Å²) in [4.78, 5) is 9.48. The SMILES string of the molecule is Fc1cc(F)c(Nc2nc(Cl)ncc2Cl)c(N2CCOCC2)c1. The van der Waals surface area contributed by atoms with Crippen LogP contribution in [0.1, 0.15) is 0 Å². The Morgan fingerprint density at radius 3 is 2.65 bits per heavy atom. The van der Waals surface area contributed by atoms with Crippen LogP contribution in [0.25, 0.3) is 0 Å². The van der Waals surface area contributed by atoms with Crippen molar-refractivity contribution in [2.75, 3.05) is 36.5 Å². The van der Waals surface area contributed by atoms with Crippen molar-refractivity contribution in [3.63, 3.8) is 0 Å². The minimum atomic E-state index is -0.753. The van der Waals surface area contributed by atoms with E-state index in [1.165, 1.54) is 12.3 Å². The van der Waals surface area contributed by atoms with Gasteiger partial charge in [0.05, 0.1) is 30.8 Å². The highest BCUT2D eigenvalue weighted by atomic mass is 35.5. The first-order chi connectivity index (χ1) is 11.0. The number of anilines is 3. The van der Waals surface area contributed by atoms with Crippen LogP contribution in [-0.2, 0) is 4.74 Å². The number of nitrogens with zero attached hydrogens (tertiary/aromatic N) is 3. The topological polar surface area (TPSA) is 50.3 Å². The predicted octanol–water partition coefficient (Wildman–Crippen LogP) is 3.64. The molecule has 2 aromatic rings. The number of nitrogens with one attached hydrogen (secondary N) is 1. The van der Waals surface area contributed by atoms with Gasteiger partial charge in [0.2, 0.25) is 5.28 Å². The van der Waals surface area contributed by atoms with E-state index >= 15 is 0 Å². The van der Waals surface area contributed by atoms with Gasteiger partial charge in [-0.2, -0.15) is 4.98 Å². The van der Waals surface area contributed by atoms with Gasteiger partial charge in [0.15, 0.2) is 11.6 Å². The molecular weight excluding hydrogens is 349 g/mol. The van der Waals surface area contributed by atoms with Crippen LogP contribution in [0.5, 0.6) is 0 Å². The molecule has 0 unspecified atom stereocenters. The van der Waals surface area contributed by atoms with Crippen LogP contribution < -0.4 is 10.2 Å². The summed E-state index contributed by atoms with van der Waals surface area (Å²) in [6, 6.07) is 2.05. The highest BCUT2D eigenvalue weighted by Crippen LogP contribution is 2.34. The number of halogens is 4. The van der Waals surface area contributed by atoms with Crippen molar-refractivity contribution >= 4 is 40.4 Å². The Hall–Kier alpha value is -1.70. The third-order valence-corrected chi connectivity index (χ3v) is 3.80. The fourth-order valence-electron chi connectivity index (χ4n) is 2.29. The molecule has 1 aliphatic rings. The van der Waals surface area contributed by atoms with Gasteiger partial charge < -0.3 is 15.0 Å². The number of hydrogen-bond acceptors (Lipinski definition) is 5. The summed E-state index contributed by atoms with van der Waals surface area (Å²) in [5, 5.41) is 2.92. The molecular formula is C14H12Cl2F2N4O. The van der Waals surface area contributed by atoms with Crippen LogP contribution in [0.15, 0.2) is 18.3 Å². The average molecular weight is 361 g/mol. The molecule has 1 aromatic heterocycles.